The minimum absolute atomic E-state index is 0.415. The molecule has 1 aromatic carbocycles. The lowest BCUT2D eigenvalue weighted by Crippen LogP contribution is -2.14. The molecule has 94 valence electrons. The topological polar surface area (TPSA) is 81.1 Å². The maximum Gasteiger partial charge on any atom is 0.263 e. The van der Waals surface area contributed by atoms with Gasteiger partial charge in [0.15, 0.2) is 5.82 Å². The van der Waals surface area contributed by atoms with E-state index >= 15 is 0 Å². The summed E-state index contributed by atoms with van der Waals surface area (Å²) in [6.07, 6.45) is 2.41. The lowest BCUT2D eigenvalue weighted by Gasteiger charge is -2.00. The molecule has 0 fully saturated rings. The van der Waals surface area contributed by atoms with Crippen LogP contribution < -0.4 is 11.3 Å². The van der Waals surface area contributed by atoms with Crippen molar-refractivity contribution in [2.24, 2.45) is 5.10 Å². The molecule has 6 nitrogen and oxygen atoms in total. The van der Waals surface area contributed by atoms with Crippen LogP contribution in [0.15, 0.2) is 33.8 Å². The number of nitrogens with one attached hydrogen (secondary N) is 1. The molecule has 2 aromatic rings. The summed E-state index contributed by atoms with van der Waals surface area (Å²) in [6.45, 7) is 1.96. The monoisotopic (exact) mass is 308 g/mol. The third-order valence-electron chi connectivity index (χ3n) is 2.31. The second-order valence-electron chi connectivity index (χ2n) is 3.59. The van der Waals surface area contributed by atoms with Crippen molar-refractivity contribution in [1.82, 2.24) is 14.9 Å². The zero-order chi connectivity index (χ0) is 13.0. The van der Waals surface area contributed by atoms with E-state index in [9.17, 15) is 0 Å². The largest absolute Gasteiger partial charge is 0.335 e. The number of rotatable bonds is 4. The number of hydrogen-bond acceptors (Lipinski definition) is 5. The predicted molar refractivity (Wildman–Crippen MR) is 74.9 cm³/mol. The Kier molecular flexibility index (Phi) is 3.93. The average molecular weight is 309 g/mol. The number of aromatic nitrogens is 3. The Morgan fingerprint density at radius 1 is 1.50 bits per heavy atom. The summed E-state index contributed by atoms with van der Waals surface area (Å²) < 4.78 is 2.39. The molecule has 0 atom stereocenters. The van der Waals surface area contributed by atoms with E-state index in [1.54, 1.807) is 6.21 Å². The quantitative estimate of drug-likeness (QED) is 0.512. The lowest BCUT2D eigenvalue weighted by molar-refractivity contribution is 0.855. The fraction of sp³-hybridized carbons (Fsp3) is 0.182. The minimum atomic E-state index is 0.415. The Bertz CT molecular complexity index is 562. The molecule has 0 saturated heterocycles. The number of nitrogens with zero attached hydrogens (tertiary/aromatic N) is 4. The fourth-order valence-corrected chi connectivity index (χ4v) is 1.81. The van der Waals surface area contributed by atoms with Gasteiger partial charge in [0.25, 0.3) is 5.95 Å². The van der Waals surface area contributed by atoms with E-state index in [2.05, 4.69) is 36.7 Å². The first kappa shape index (κ1) is 12.6. The molecule has 2 rings (SSSR count). The Morgan fingerprint density at radius 2 is 2.33 bits per heavy atom. The highest BCUT2D eigenvalue weighted by Gasteiger charge is 2.05. The van der Waals surface area contributed by atoms with Gasteiger partial charge in [0.2, 0.25) is 0 Å². The highest BCUT2D eigenvalue weighted by atomic mass is 79.9. The van der Waals surface area contributed by atoms with Gasteiger partial charge in [-0.2, -0.15) is 5.10 Å². The van der Waals surface area contributed by atoms with Gasteiger partial charge in [-0.15, -0.1) is 10.2 Å². The molecule has 0 saturated carbocycles. The second-order valence-corrected chi connectivity index (χ2v) is 4.50. The molecular weight excluding hydrogens is 296 g/mol. The van der Waals surface area contributed by atoms with Gasteiger partial charge in [-0.1, -0.05) is 35.0 Å². The maximum atomic E-state index is 5.77. The zero-order valence-electron chi connectivity index (χ0n) is 9.84. The van der Waals surface area contributed by atoms with E-state index in [1.165, 1.54) is 4.68 Å². The molecule has 1 heterocycles. The van der Waals surface area contributed by atoms with Gasteiger partial charge in [-0.3, -0.25) is 0 Å². The number of nitrogens with two attached hydrogens (primary N) is 1. The molecule has 0 aliphatic heterocycles. The van der Waals surface area contributed by atoms with Crippen LogP contribution in [0.1, 0.15) is 18.3 Å². The van der Waals surface area contributed by atoms with Crippen LogP contribution in [0.4, 0.5) is 5.95 Å². The number of anilines is 1. The van der Waals surface area contributed by atoms with Crippen LogP contribution >= 0.6 is 15.9 Å². The average Bonchev–Trinajstić information content (AvgIpc) is 2.71. The summed E-state index contributed by atoms with van der Waals surface area (Å²) in [5.74, 6) is 6.88. The molecule has 7 heteroatoms. The number of aryl methyl sites for hydroxylation is 1. The van der Waals surface area contributed by atoms with Crippen molar-refractivity contribution in [3.05, 3.63) is 40.1 Å². The van der Waals surface area contributed by atoms with E-state index in [0.717, 1.165) is 16.5 Å². The molecule has 0 radical (unpaired) electrons. The molecule has 0 aliphatic carbocycles. The van der Waals surface area contributed by atoms with Crippen molar-refractivity contribution in [2.45, 2.75) is 13.3 Å². The van der Waals surface area contributed by atoms with E-state index in [0.29, 0.717) is 11.8 Å². The van der Waals surface area contributed by atoms with Crippen molar-refractivity contribution in [3.8, 4) is 0 Å². The van der Waals surface area contributed by atoms with Gasteiger partial charge in [-0.25, -0.2) is 10.1 Å². The van der Waals surface area contributed by atoms with Crippen LogP contribution in [0.2, 0.25) is 0 Å². The standard InChI is InChI=1S/C11H13BrN6/c1-2-10-15-17-11(18(10)13)16-14-7-8-4-3-5-9(12)6-8/h3-7H,2,13H2,1H3,(H,16,17)/b14-7-. The summed E-state index contributed by atoms with van der Waals surface area (Å²) in [5, 5.41) is 11.9. The SMILES string of the molecule is CCc1nnc(N/N=C\c2cccc(Br)c2)n1N. The van der Waals surface area contributed by atoms with Crippen LogP contribution in [-0.2, 0) is 6.42 Å². The highest BCUT2D eigenvalue weighted by Crippen LogP contribution is 2.10. The molecule has 0 spiro atoms. The van der Waals surface area contributed by atoms with Gasteiger partial charge in [0.1, 0.15) is 0 Å². The Morgan fingerprint density at radius 3 is 3.00 bits per heavy atom. The maximum absolute atomic E-state index is 5.77. The van der Waals surface area contributed by atoms with Crippen LogP contribution in [0, 0.1) is 0 Å². The van der Waals surface area contributed by atoms with Gasteiger partial charge in [0, 0.05) is 10.9 Å². The summed E-state index contributed by atoms with van der Waals surface area (Å²) in [5.41, 5.74) is 3.72. The molecule has 18 heavy (non-hydrogen) atoms. The van der Waals surface area contributed by atoms with Crippen molar-refractivity contribution >= 4 is 28.1 Å². The van der Waals surface area contributed by atoms with Crippen molar-refractivity contribution in [3.63, 3.8) is 0 Å². The van der Waals surface area contributed by atoms with E-state index in [-0.39, 0.29) is 0 Å². The van der Waals surface area contributed by atoms with Crippen molar-refractivity contribution < 1.29 is 0 Å². The molecule has 0 aliphatic rings. The fourth-order valence-electron chi connectivity index (χ4n) is 1.39. The number of hydrogen-bond donors (Lipinski definition) is 2. The van der Waals surface area contributed by atoms with E-state index in [1.807, 2.05) is 31.2 Å². The highest BCUT2D eigenvalue weighted by molar-refractivity contribution is 9.10. The smallest absolute Gasteiger partial charge is 0.263 e. The van der Waals surface area contributed by atoms with Crippen molar-refractivity contribution in [1.29, 1.82) is 0 Å². The summed E-state index contributed by atoms with van der Waals surface area (Å²) >= 11 is 3.39. The summed E-state index contributed by atoms with van der Waals surface area (Å²) in [4.78, 5) is 0. The first-order valence-electron chi connectivity index (χ1n) is 5.44. The van der Waals surface area contributed by atoms with E-state index < -0.39 is 0 Å². The Balaban J connectivity index is 2.05. The molecule has 0 unspecified atom stereocenters. The summed E-state index contributed by atoms with van der Waals surface area (Å²) in [6, 6.07) is 7.79. The normalized spacial score (nSPS) is 11.0. The number of hydrazone groups is 1. The van der Waals surface area contributed by atoms with Gasteiger partial charge < -0.3 is 5.84 Å². The third kappa shape index (κ3) is 2.86. The Hall–Kier alpha value is -1.89. The lowest BCUT2D eigenvalue weighted by atomic mass is 10.2. The number of benzene rings is 1. The molecule has 1 aromatic heterocycles. The summed E-state index contributed by atoms with van der Waals surface area (Å²) in [7, 11) is 0. The van der Waals surface area contributed by atoms with Crippen LogP contribution in [-0.4, -0.2) is 21.1 Å². The number of nitrogen functional groups attached to an aromatic ring is 1. The van der Waals surface area contributed by atoms with E-state index in [4.69, 9.17) is 5.84 Å². The molecular formula is C11H13BrN6. The van der Waals surface area contributed by atoms with Gasteiger partial charge in [-0.05, 0) is 17.7 Å². The van der Waals surface area contributed by atoms with Crippen molar-refractivity contribution in [2.75, 3.05) is 11.3 Å². The van der Waals surface area contributed by atoms with Crippen LogP contribution in [0.5, 0.6) is 0 Å². The molecule has 3 N–H and O–H groups in total. The van der Waals surface area contributed by atoms with Gasteiger partial charge >= 0.3 is 0 Å². The first-order chi connectivity index (χ1) is 8.70. The first-order valence-corrected chi connectivity index (χ1v) is 6.24. The van der Waals surface area contributed by atoms with Crippen LogP contribution in [0.25, 0.3) is 0 Å². The van der Waals surface area contributed by atoms with Crippen LogP contribution in [0.3, 0.4) is 0 Å². The Labute approximate surface area is 113 Å². The minimum Gasteiger partial charge on any atom is -0.335 e. The molecule has 0 amide bonds. The number of halogens is 1. The zero-order valence-corrected chi connectivity index (χ0v) is 11.4. The second kappa shape index (κ2) is 5.63. The van der Waals surface area contributed by atoms with Gasteiger partial charge in [0.05, 0.1) is 6.21 Å². The third-order valence-corrected chi connectivity index (χ3v) is 2.80. The predicted octanol–water partition coefficient (Wildman–Crippen LogP) is 1.76. The molecule has 0 bridgehead atoms.